The van der Waals surface area contributed by atoms with E-state index >= 15 is 0 Å². The molecule has 1 heterocycles. The quantitative estimate of drug-likeness (QED) is 0.821. The van der Waals surface area contributed by atoms with Crippen molar-refractivity contribution in [3.05, 3.63) is 48.5 Å². The molecule has 1 aromatic heterocycles. The number of amides is 2. The van der Waals surface area contributed by atoms with Gasteiger partial charge in [-0.3, -0.25) is 0 Å². The fraction of sp³-hybridized carbons (Fsp3) is 0.444. The number of benzene rings is 1. The monoisotopic (exact) mass is 328 g/mol. The van der Waals surface area contributed by atoms with Crippen molar-refractivity contribution in [1.82, 2.24) is 20.2 Å². The van der Waals surface area contributed by atoms with E-state index in [1.54, 1.807) is 12.5 Å². The fourth-order valence-corrected chi connectivity index (χ4v) is 2.85. The van der Waals surface area contributed by atoms with Crippen molar-refractivity contribution in [2.24, 2.45) is 0 Å². The predicted molar refractivity (Wildman–Crippen MR) is 91.8 cm³/mol. The van der Waals surface area contributed by atoms with Crippen LogP contribution in [0.3, 0.4) is 0 Å². The van der Waals surface area contributed by atoms with Crippen LogP contribution in [0.4, 0.5) is 4.79 Å². The summed E-state index contributed by atoms with van der Waals surface area (Å²) in [6.45, 7) is 1.78. The average molecular weight is 328 g/mol. The smallest absolute Gasteiger partial charge is 0.315 e. The molecule has 6 nitrogen and oxygen atoms in total. The summed E-state index contributed by atoms with van der Waals surface area (Å²) < 4.78 is 7.86. The second kappa shape index (κ2) is 8.38. The van der Waals surface area contributed by atoms with E-state index in [1.165, 1.54) is 12.8 Å². The van der Waals surface area contributed by atoms with E-state index in [4.69, 9.17) is 4.74 Å². The zero-order chi connectivity index (χ0) is 16.6. The van der Waals surface area contributed by atoms with E-state index in [0.29, 0.717) is 25.7 Å². The van der Waals surface area contributed by atoms with Crippen LogP contribution in [0.25, 0.3) is 0 Å². The van der Waals surface area contributed by atoms with Crippen LogP contribution in [-0.4, -0.2) is 28.2 Å². The van der Waals surface area contributed by atoms with Gasteiger partial charge in [0.1, 0.15) is 5.75 Å². The molecule has 0 radical (unpaired) electrons. The largest absolute Gasteiger partial charge is 0.490 e. The third-order valence-electron chi connectivity index (χ3n) is 4.20. The van der Waals surface area contributed by atoms with Crippen molar-refractivity contribution in [1.29, 1.82) is 0 Å². The van der Waals surface area contributed by atoms with Crippen molar-refractivity contribution in [2.45, 2.75) is 44.9 Å². The number of rotatable bonds is 7. The molecule has 1 fully saturated rings. The second-order valence-corrected chi connectivity index (χ2v) is 6.08. The molecule has 2 amide bonds. The highest BCUT2D eigenvalue weighted by Gasteiger charge is 2.16. The van der Waals surface area contributed by atoms with Gasteiger partial charge < -0.3 is 19.9 Å². The van der Waals surface area contributed by atoms with Crippen LogP contribution in [0, 0.1) is 0 Å². The van der Waals surface area contributed by atoms with Crippen molar-refractivity contribution in [3.8, 4) is 5.75 Å². The summed E-state index contributed by atoms with van der Waals surface area (Å²) in [6.07, 6.45) is 10.5. The first-order chi connectivity index (χ1) is 11.8. The summed E-state index contributed by atoms with van der Waals surface area (Å²) in [6, 6.07) is 7.78. The van der Waals surface area contributed by atoms with Crippen molar-refractivity contribution in [2.75, 3.05) is 6.54 Å². The lowest BCUT2D eigenvalue weighted by Crippen LogP contribution is -2.36. The number of carbonyl (C=O) groups is 1. The Morgan fingerprint density at radius 2 is 2.00 bits per heavy atom. The Balaban J connectivity index is 1.35. The van der Waals surface area contributed by atoms with Crippen LogP contribution in [0.5, 0.6) is 5.75 Å². The van der Waals surface area contributed by atoms with Gasteiger partial charge in [0.05, 0.1) is 12.4 Å². The standard InChI is InChI=1S/C18H24N4O2/c23-18(20-10-12-22-11-9-19-14-22)21-13-15-5-7-17(8-6-15)24-16-3-1-2-4-16/h5-9,11,14,16H,1-4,10,12-13H2,(H2,20,21,23). The zero-order valence-corrected chi connectivity index (χ0v) is 13.8. The van der Waals surface area contributed by atoms with Crippen LogP contribution in [0.1, 0.15) is 31.2 Å². The number of nitrogens with one attached hydrogen (secondary N) is 2. The molecule has 2 N–H and O–H groups in total. The number of ether oxygens (including phenoxy) is 1. The highest BCUT2D eigenvalue weighted by Crippen LogP contribution is 2.24. The van der Waals surface area contributed by atoms with Crippen molar-refractivity contribution < 1.29 is 9.53 Å². The molecule has 1 aromatic carbocycles. The van der Waals surface area contributed by atoms with Gasteiger partial charge in [-0.15, -0.1) is 0 Å². The molecule has 0 atom stereocenters. The fourth-order valence-electron chi connectivity index (χ4n) is 2.85. The molecule has 2 aromatic rings. The first kappa shape index (κ1) is 16.4. The van der Waals surface area contributed by atoms with E-state index < -0.39 is 0 Å². The number of hydrogen-bond acceptors (Lipinski definition) is 3. The summed E-state index contributed by atoms with van der Waals surface area (Å²) in [4.78, 5) is 15.7. The molecule has 128 valence electrons. The molecule has 3 rings (SSSR count). The lowest BCUT2D eigenvalue weighted by atomic mass is 10.2. The van der Waals surface area contributed by atoms with Gasteiger partial charge in [-0.25, -0.2) is 9.78 Å². The van der Waals surface area contributed by atoms with Gasteiger partial charge in [-0.2, -0.15) is 0 Å². The number of carbonyl (C=O) groups excluding carboxylic acids is 1. The number of nitrogens with zero attached hydrogens (tertiary/aromatic N) is 2. The number of hydrogen-bond donors (Lipinski definition) is 2. The number of aromatic nitrogens is 2. The highest BCUT2D eigenvalue weighted by atomic mass is 16.5. The molecule has 24 heavy (non-hydrogen) atoms. The Bertz CT molecular complexity index is 619. The molecule has 0 aliphatic heterocycles. The van der Waals surface area contributed by atoms with Crippen LogP contribution < -0.4 is 15.4 Å². The van der Waals surface area contributed by atoms with E-state index in [9.17, 15) is 4.79 Å². The van der Waals surface area contributed by atoms with Gasteiger partial charge >= 0.3 is 6.03 Å². The number of imidazole rings is 1. The molecule has 1 saturated carbocycles. The van der Waals surface area contributed by atoms with Crippen molar-refractivity contribution in [3.63, 3.8) is 0 Å². The molecule has 0 spiro atoms. The maximum Gasteiger partial charge on any atom is 0.315 e. The van der Waals surface area contributed by atoms with Gasteiger partial charge in [0.25, 0.3) is 0 Å². The Morgan fingerprint density at radius 1 is 1.21 bits per heavy atom. The number of urea groups is 1. The summed E-state index contributed by atoms with van der Waals surface area (Å²) in [5.41, 5.74) is 1.05. The first-order valence-electron chi connectivity index (χ1n) is 8.52. The highest BCUT2D eigenvalue weighted by molar-refractivity contribution is 5.73. The zero-order valence-electron chi connectivity index (χ0n) is 13.8. The van der Waals surface area contributed by atoms with Gasteiger partial charge in [0.2, 0.25) is 0 Å². The van der Waals surface area contributed by atoms with E-state index in [0.717, 1.165) is 24.2 Å². The van der Waals surface area contributed by atoms with E-state index in [-0.39, 0.29) is 6.03 Å². The van der Waals surface area contributed by atoms with Gasteiger partial charge in [0, 0.05) is 32.0 Å². The Labute approximate surface area is 142 Å². The maximum absolute atomic E-state index is 11.8. The van der Waals surface area contributed by atoms with Crippen LogP contribution >= 0.6 is 0 Å². The molecular formula is C18H24N4O2. The molecule has 0 saturated heterocycles. The molecule has 0 unspecified atom stereocenters. The van der Waals surface area contributed by atoms with Gasteiger partial charge in [-0.1, -0.05) is 12.1 Å². The Morgan fingerprint density at radius 3 is 2.71 bits per heavy atom. The SMILES string of the molecule is O=C(NCCn1ccnc1)NCc1ccc(OC2CCCC2)cc1. The minimum Gasteiger partial charge on any atom is -0.490 e. The first-order valence-corrected chi connectivity index (χ1v) is 8.52. The van der Waals surface area contributed by atoms with Crippen LogP contribution in [0.2, 0.25) is 0 Å². The lowest BCUT2D eigenvalue weighted by Gasteiger charge is -2.13. The maximum atomic E-state index is 11.8. The third kappa shape index (κ3) is 5.01. The molecule has 1 aliphatic rings. The van der Waals surface area contributed by atoms with Gasteiger partial charge in [-0.05, 0) is 43.4 Å². The minimum absolute atomic E-state index is 0.165. The molecule has 1 aliphatic carbocycles. The lowest BCUT2D eigenvalue weighted by molar-refractivity contribution is 0.210. The van der Waals surface area contributed by atoms with Crippen LogP contribution in [-0.2, 0) is 13.1 Å². The van der Waals surface area contributed by atoms with E-state index in [1.807, 2.05) is 35.0 Å². The summed E-state index contributed by atoms with van der Waals surface area (Å²) in [5, 5.41) is 5.68. The molecular weight excluding hydrogens is 304 g/mol. The predicted octanol–water partition coefficient (Wildman–Crippen LogP) is 2.70. The summed E-state index contributed by atoms with van der Waals surface area (Å²) >= 11 is 0. The average Bonchev–Trinajstić information content (AvgIpc) is 3.28. The normalized spacial score (nSPS) is 14.5. The van der Waals surface area contributed by atoms with E-state index in [2.05, 4.69) is 15.6 Å². The summed E-state index contributed by atoms with van der Waals surface area (Å²) in [7, 11) is 0. The van der Waals surface area contributed by atoms with Crippen LogP contribution in [0.15, 0.2) is 43.0 Å². The topological polar surface area (TPSA) is 68.2 Å². The third-order valence-corrected chi connectivity index (χ3v) is 4.20. The Hall–Kier alpha value is -2.50. The second-order valence-electron chi connectivity index (χ2n) is 6.08. The molecule has 0 bridgehead atoms. The summed E-state index contributed by atoms with van der Waals surface area (Å²) in [5.74, 6) is 0.912. The Kier molecular flexibility index (Phi) is 5.71. The minimum atomic E-state index is -0.165. The molecule has 6 heteroatoms. The van der Waals surface area contributed by atoms with Crippen molar-refractivity contribution >= 4 is 6.03 Å². The van der Waals surface area contributed by atoms with Gasteiger partial charge in [0.15, 0.2) is 0 Å².